The summed E-state index contributed by atoms with van der Waals surface area (Å²) in [6.07, 6.45) is 0.118. The molecule has 2 aromatic carbocycles. The predicted molar refractivity (Wildman–Crippen MR) is 130 cm³/mol. The van der Waals surface area contributed by atoms with Crippen molar-refractivity contribution in [1.29, 1.82) is 5.26 Å². The Morgan fingerprint density at radius 1 is 1.09 bits per heavy atom. The molecule has 0 aliphatic carbocycles. The second-order valence-corrected chi connectivity index (χ2v) is 10.3. The molecule has 3 rings (SSSR count). The highest BCUT2D eigenvalue weighted by molar-refractivity contribution is 7.89. The number of nitriles is 1. The third-order valence-corrected chi connectivity index (χ3v) is 7.65. The van der Waals surface area contributed by atoms with Gasteiger partial charge in [0.2, 0.25) is 10.0 Å². The number of sulfonamides is 1. The lowest BCUT2D eigenvalue weighted by Crippen LogP contribution is -2.40. The topological polar surface area (TPSA) is 117 Å². The number of hydrogen-bond acceptors (Lipinski definition) is 7. The number of hydrogen-bond donors (Lipinski definition) is 0. The largest absolute Gasteiger partial charge is 0.452 e. The smallest absolute Gasteiger partial charge is 0.338 e. The molecule has 0 atom stereocenters. The maximum atomic E-state index is 13.1. The van der Waals surface area contributed by atoms with Gasteiger partial charge in [0.25, 0.3) is 5.91 Å². The summed E-state index contributed by atoms with van der Waals surface area (Å²) in [5.41, 5.74) is 3.07. The van der Waals surface area contributed by atoms with Gasteiger partial charge in [-0.05, 0) is 61.7 Å². The Bertz CT molecular complexity index is 1230. The van der Waals surface area contributed by atoms with Crippen LogP contribution in [0.3, 0.4) is 0 Å². The highest BCUT2D eigenvalue weighted by Crippen LogP contribution is 2.23. The van der Waals surface area contributed by atoms with Gasteiger partial charge in [0, 0.05) is 25.3 Å². The third-order valence-electron chi connectivity index (χ3n) is 5.60. The van der Waals surface area contributed by atoms with Crippen LogP contribution < -0.4 is 4.90 Å². The summed E-state index contributed by atoms with van der Waals surface area (Å²) in [7, 11) is -3.81. The molecule has 1 heterocycles. The Morgan fingerprint density at radius 2 is 1.74 bits per heavy atom. The number of morpholine rings is 1. The zero-order valence-corrected chi connectivity index (χ0v) is 20.9. The molecule has 0 bridgehead atoms. The lowest BCUT2D eigenvalue weighted by atomic mass is 10.1. The van der Waals surface area contributed by atoms with Crippen LogP contribution in [0.2, 0.25) is 0 Å². The molecule has 0 unspecified atom stereocenters. The van der Waals surface area contributed by atoms with E-state index < -0.39 is 28.5 Å². The first-order valence-corrected chi connectivity index (χ1v) is 12.7. The van der Waals surface area contributed by atoms with Gasteiger partial charge in [0.1, 0.15) is 0 Å². The molecule has 2 aromatic rings. The van der Waals surface area contributed by atoms with Crippen LogP contribution in [-0.2, 0) is 24.3 Å². The minimum Gasteiger partial charge on any atom is -0.452 e. The number of nitrogens with zero attached hydrogens (tertiary/aromatic N) is 3. The minimum absolute atomic E-state index is 0.0195. The number of benzene rings is 2. The maximum Gasteiger partial charge on any atom is 0.338 e. The highest BCUT2D eigenvalue weighted by Gasteiger charge is 2.29. The molecule has 0 radical (unpaired) electrons. The van der Waals surface area contributed by atoms with E-state index >= 15 is 0 Å². The van der Waals surface area contributed by atoms with Crippen LogP contribution in [0, 0.1) is 32.1 Å². The molecule has 0 aromatic heterocycles. The van der Waals surface area contributed by atoms with Crippen molar-refractivity contribution in [2.45, 2.75) is 32.1 Å². The third kappa shape index (κ3) is 6.45. The summed E-state index contributed by atoms with van der Waals surface area (Å²) in [6, 6.07) is 11.9. The zero-order chi connectivity index (χ0) is 25.6. The first-order chi connectivity index (χ1) is 16.6. The Balaban J connectivity index is 1.76. The number of ether oxygens (including phenoxy) is 2. The van der Waals surface area contributed by atoms with Gasteiger partial charge in [-0.3, -0.25) is 4.79 Å². The first-order valence-electron chi connectivity index (χ1n) is 11.2. The lowest BCUT2D eigenvalue weighted by molar-refractivity contribution is -0.121. The van der Waals surface area contributed by atoms with E-state index in [9.17, 15) is 18.0 Å². The number of aryl methyl sites for hydroxylation is 3. The molecule has 0 spiro atoms. The Kier molecular flexibility index (Phi) is 8.62. The van der Waals surface area contributed by atoms with E-state index in [1.807, 2.05) is 38.1 Å². The molecule has 0 N–H and O–H groups in total. The Labute approximate surface area is 205 Å². The SMILES string of the molecule is Cc1cc(C)cc(N(CCC#N)C(=O)COC(=O)c2ccc(C)c(S(=O)(=O)N3CCOCC3)c2)c1. The molecule has 35 heavy (non-hydrogen) atoms. The maximum absolute atomic E-state index is 13.1. The number of carbonyl (C=O) groups is 2. The van der Waals surface area contributed by atoms with Gasteiger partial charge in [-0.1, -0.05) is 12.1 Å². The normalized spacial score (nSPS) is 14.2. The summed E-state index contributed by atoms with van der Waals surface area (Å²) >= 11 is 0. The van der Waals surface area contributed by atoms with Gasteiger partial charge in [0.15, 0.2) is 6.61 Å². The van der Waals surface area contributed by atoms with Crippen molar-refractivity contribution in [1.82, 2.24) is 4.31 Å². The molecule has 1 fully saturated rings. The van der Waals surface area contributed by atoms with Gasteiger partial charge in [-0.25, -0.2) is 13.2 Å². The summed E-state index contributed by atoms with van der Waals surface area (Å²) < 4.78 is 38.0. The van der Waals surface area contributed by atoms with Crippen LogP contribution in [-0.4, -0.2) is 64.1 Å². The van der Waals surface area contributed by atoms with E-state index in [1.165, 1.54) is 21.3 Å². The van der Waals surface area contributed by atoms with Crippen LogP contribution in [0.5, 0.6) is 0 Å². The standard InChI is InChI=1S/C25H29N3O6S/c1-18-13-19(2)15-22(14-18)28(8-4-7-26)24(29)17-34-25(30)21-6-5-20(3)23(16-21)35(31,32)27-9-11-33-12-10-27/h5-6,13-16H,4,8-12,17H2,1-3H3. The van der Waals surface area contributed by atoms with E-state index in [0.29, 0.717) is 24.5 Å². The Morgan fingerprint density at radius 3 is 2.37 bits per heavy atom. The molecule has 0 saturated carbocycles. The summed E-state index contributed by atoms with van der Waals surface area (Å²) in [5.74, 6) is -1.29. The van der Waals surface area contributed by atoms with Gasteiger partial charge in [0.05, 0.1) is 36.2 Å². The molecular weight excluding hydrogens is 470 g/mol. The van der Waals surface area contributed by atoms with Crippen LogP contribution >= 0.6 is 0 Å². The van der Waals surface area contributed by atoms with Gasteiger partial charge in [-0.2, -0.15) is 9.57 Å². The van der Waals surface area contributed by atoms with Crippen LogP contribution in [0.15, 0.2) is 41.3 Å². The number of carbonyl (C=O) groups excluding carboxylic acids is 2. The molecule has 1 aliphatic rings. The second kappa shape index (κ2) is 11.4. The van der Waals surface area contributed by atoms with Crippen LogP contribution in [0.25, 0.3) is 0 Å². The number of anilines is 1. The van der Waals surface area contributed by atoms with E-state index in [2.05, 4.69) is 0 Å². The molecule has 1 aliphatic heterocycles. The van der Waals surface area contributed by atoms with E-state index in [0.717, 1.165) is 11.1 Å². The quantitative estimate of drug-likeness (QED) is 0.513. The Hall–Kier alpha value is -3.26. The number of amides is 1. The minimum atomic E-state index is -3.81. The summed E-state index contributed by atoms with van der Waals surface area (Å²) in [4.78, 5) is 27.1. The molecular formula is C25H29N3O6S. The molecule has 9 nitrogen and oxygen atoms in total. The van der Waals surface area contributed by atoms with Crippen molar-refractivity contribution in [3.63, 3.8) is 0 Å². The van der Waals surface area contributed by atoms with Crippen molar-refractivity contribution in [3.05, 3.63) is 58.7 Å². The zero-order valence-electron chi connectivity index (χ0n) is 20.1. The summed E-state index contributed by atoms with van der Waals surface area (Å²) in [5, 5.41) is 9.00. The van der Waals surface area contributed by atoms with Crippen molar-refractivity contribution in [3.8, 4) is 6.07 Å². The summed E-state index contributed by atoms with van der Waals surface area (Å²) in [6.45, 7) is 6.17. The average Bonchev–Trinajstić information content (AvgIpc) is 2.83. The van der Waals surface area contributed by atoms with Crippen molar-refractivity contribution >= 4 is 27.6 Å². The number of esters is 1. The van der Waals surface area contributed by atoms with E-state index in [1.54, 1.807) is 13.0 Å². The van der Waals surface area contributed by atoms with Crippen molar-refractivity contribution in [2.75, 3.05) is 44.4 Å². The molecule has 10 heteroatoms. The van der Waals surface area contributed by atoms with Gasteiger partial charge < -0.3 is 14.4 Å². The van der Waals surface area contributed by atoms with E-state index in [4.69, 9.17) is 14.7 Å². The molecule has 1 amide bonds. The first kappa shape index (κ1) is 26.3. The molecule has 186 valence electrons. The highest BCUT2D eigenvalue weighted by atomic mass is 32.2. The molecule has 1 saturated heterocycles. The van der Waals surface area contributed by atoms with Crippen molar-refractivity contribution < 1.29 is 27.5 Å². The average molecular weight is 500 g/mol. The predicted octanol–water partition coefficient (Wildman–Crippen LogP) is 2.74. The monoisotopic (exact) mass is 499 g/mol. The van der Waals surface area contributed by atoms with Gasteiger partial charge in [-0.15, -0.1) is 0 Å². The van der Waals surface area contributed by atoms with E-state index in [-0.39, 0.29) is 36.5 Å². The van der Waals surface area contributed by atoms with Crippen molar-refractivity contribution in [2.24, 2.45) is 0 Å². The second-order valence-electron chi connectivity index (χ2n) is 8.37. The fourth-order valence-electron chi connectivity index (χ4n) is 3.89. The number of rotatable bonds is 8. The fourth-order valence-corrected chi connectivity index (χ4v) is 5.54. The van der Waals surface area contributed by atoms with Crippen LogP contribution in [0.1, 0.15) is 33.5 Å². The van der Waals surface area contributed by atoms with Crippen LogP contribution in [0.4, 0.5) is 5.69 Å². The fraction of sp³-hybridized carbons (Fsp3) is 0.400. The van der Waals surface area contributed by atoms with Gasteiger partial charge >= 0.3 is 5.97 Å². The lowest BCUT2D eigenvalue weighted by Gasteiger charge is -2.26.